The lowest BCUT2D eigenvalue weighted by molar-refractivity contribution is -0.137. The van der Waals surface area contributed by atoms with E-state index in [4.69, 9.17) is 4.74 Å². The second kappa shape index (κ2) is 9.17. The van der Waals surface area contributed by atoms with Crippen molar-refractivity contribution in [1.82, 2.24) is 9.78 Å². The summed E-state index contributed by atoms with van der Waals surface area (Å²) in [4.78, 5) is -0.546. The summed E-state index contributed by atoms with van der Waals surface area (Å²) in [6.07, 6.45) is -6.30. The molecule has 2 atom stereocenters. The topological polar surface area (TPSA) is 116 Å². The molecule has 0 spiro atoms. The van der Waals surface area contributed by atoms with Crippen LogP contribution in [0.2, 0.25) is 0 Å². The molecule has 2 heterocycles. The van der Waals surface area contributed by atoms with Crippen LogP contribution >= 0.6 is 0 Å². The first-order valence-corrected chi connectivity index (χ1v) is 12.9. The fraction of sp³-hybridized carbons (Fsp3) is 0.526. The Kier molecular flexibility index (Phi) is 7.14. The minimum Gasteiger partial charge on any atom is -0.394 e. The Morgan fingerprint density at radius 1 is 1.24 bits per heavy atom. The van der Waals surface area contributed by atoms with Crippen LogP contribution in [-0.2, 0) is 37.1 Å². The van der Waals surface area contributed by atoms with Crippen LogP contribution in [0.3, 0.4) is 0 Å². The van der Waals surface area contributed by atoms with Crippen molar-refractivity contribution in [2.24, 2.45) is 0 Å². The van der Waals surface area contributed by atoms with Crippen LogP contribution in [0, 0.1) is 0 Å². The third-order valence-corrected chi connectivity index (χ3v) is 9.44. The number of sulfone groups is 2. The molecule has 0 bridgehead atoms. The number of aliphatic hydroxyl groups excluding tert-OH is 1. The fourth-order valence-electron chi connectivity index (χ4n) is 3.70. The van der Waals surface area contributed by atoms with Gasteiger partial charge in [0.05, 0.1) is 34.1 Å². The molecular formula is C19H21F5N2O6S2. The molecule has 1 aromatic heterocycles. The number of rotatable bonds is 7. The van der Waals surface area contributed by atoms with Gasteiger partial charge in [0.15, 0.2) is 14.9 Å². The van der Waals surface area contributed by atoms with Crippen molar-refractivity contribution in [3.8, 4) is 0 Å². The Bertz CT molecular complexity index is 1260. The molecule has 0 saturated carbocycles. The zero-order valence-corrected chi connectivity index (χ0v) is 19.3. The average Bonchev–Trinajstić information content (AvgIpc) is 3.18. The second-order valence-corrected chi connectivity index (χ2v) is 12.3. The Morgan fingerprint density at radius 3 is 2.50 bits per heavy atom. The van der Waals surface area contributed by atoms with Gasteiger partial charge in [-0.25, -0.2) is 16.8 Å². The number of alkyl halides is 5. The standard InChI is InChI=1S/C19H21F5N2O6S2/c1-18(34(30,31)13-4-2-3-12(9-13)19(22,23)24)5-8-32-15(11-18)14-10-16(25-26(14)6-7-27)33(28,29)17(20)21/h2-4,9-10,15,17,27H,5-8,11H2,1H3. The quantitative estimate of drug-likeness (QED) is 0.545. The number of aromatic nitrogens is 2. The van der Waals surface area contributed by atoms with Crippen molar-refractivity contribution in [2.75, 3.05) is 13.2 Å². The lowest BCUT2D eigenvalue weighted by Crippen LogP contribution is -2.42. The predicted octanol–water partition coefficient (Wildman–Crippen LogP) is 2.97. The monoisotopic (exact) mass is 532 g/mol. The van der Waals surface area contributed by atoms with E-state index in [0.717, 1.165) is 28.9 Å². The number of benzene rings is 1. The molecule has 1 aromatic carbocycles. The minimum absolute atomic E-state index is 0.0570. The summed E-state index contributed by atoms with van der Waals surface area (Å²) in [6, 6.07) is 4.13. The molecule has 15 heteroatoms. The third kappa shape index (κ3) is 4.83. The van der Waals surface area contributed by atoms with Gasteiger partial charge in [0.1, 0.15) is 6.10 Å². The summed E-state index contributed by atoms with van der Waals surface area (Å²) in [5.41, 5.74) is -1.19. The summed E-state index contributed by atoms with van der Waals surface area (Å²) in [7, 11) is -9.42. The molecule has 34 heavy (non-hydrogen) atoms. The number of hydrogen-bond donors (Lipinski definition) is 1. The van der Waals surface area contributed by atoms with Gasteiger partial charge in [0, 0.05) is 12.7 Å². The first-order valence-electron chi connectivity index (χ1n) is 9.87. The van der Waals surface area contributed by atoms with Crippen LogP contribution in [0.15, 0.2) is 40.3 Å². The summed E-state index contributed by atoms with van der Waals surface area (Å²) in [6.45, 7) is 0.336. The van der Waals surface area contributed by atoms with E-state index in [1.165, 1.54) is 6.92 Å². The number of aliphatic hydroxyl groups is 1. The van der Waals surface area contributed by atoms with Crippen molar-refractivity contribution in [1.29, 1.82) is 0 Å². The van der Waals surface area contributed by atoms with E-state index in [0.29, 0.717) is 6.07 Å². The van der Waals surface area contributed by atoms with Gasteiger partial charge < -0.3 is 9.84 Å². The zero-order chi connectivity index (χ0) is 25.5. The molecule has 1 N–H and O–H groups in total. The average molecular weight is 533 g/mol. The van der Waals surface area contributed by atoms with E-state index < -0.39 is 64.6 Å². The van der Waals surface area contributed by atoms with Gasteiger partial charge in [0.2, 0.25) is 0 Å². The van der Waals surface area contributed by atoms with Gasteiger partial charge in [-0.2, -0.15) is 27.1 Å². The third-order valence-electron chi connectivity index (χ3n) is 5.64. The second-order valence-electron chi connectivity index (χ2n) is 7.95. The van der Waals surface area contributed by atoms with Gasteiger partial charge >= 0.3 is 11.9 Å². The summed E-state index contributed by atoms with van der Waals surface area (Å²) < 4.78 is 121. The summed E-state index contributed by atoms with van der Waals surface area (Å²) in [5, 5.41) is 11.9. The highest BCUT2D eigenvalue weighted by Crippen LogP contribution is 2.43. The van der Waals surface area contributed by atoms with Crippen molar-refractivity contribution < 1.29 is 48.6 Å². The van der Waals surface area contributed by atoms with Gasteiger partial charge in [-0.1, -0.05) is 6.07 Å². The molecule has 1 aliphatic rings. The highest BCUT2D eigenvalue weighted by molar-refractivity contribution is 7.92. The Hall–Kier alpha value is -2.10. The normalized spacial score (nSPS) is 22.3. The van der Waals surface area contributed by atoms with E-state index in [1.807, 2.05) is 0 Å². The van der Waals surface area contributed by atoms with E-state index in [9.17, 15) is 43.9 Å². The van der Waals surface area contributed by atoms with Crippen molar-refractivity contribution in [3.63, 3.8) is 0 Å². The molecule has 1 fully saturated rings. The highest BCUT2D eigenvalue weighted by Gasteiger charge is 2.47. The zero-order valence-electron chi connectivity index (χ0n) is 17.7. The first-order chi connectivity index (χ1) is 15.6. The smallest absolute Gasteiger partial charge is 0.394 e. The summed E-state index contributed by atoms with van der Waals surface area (Å²) in [5.74, 6) is -3.75. The van der Waals surface area contributed by atoms with Gasteiger partial charge in [-0.3, -0.25) is 4.68 Å². The lowest BCUT2D eigenvalue weighted by atomic mass is 9.95. The Morgan fingerprint density at radius 2 is 1.91 bits per heavy atom. The molecule has 190 valence electrons. The van der Waals surface area contributed by atoms with E-state index in [2.05, 4.69) is 5.10 Å². The fourth-order valence-corrected chi connectivity index (χ4v) is 6.21. The maximum atomic E-state index is 13.3. The number of ether oxygens (including phenoxy) is 1. The van der Waals surface area contributed by atoms with Crippen molar-refractivity contribution >= 4 is 19.7 Å². The molecular weight excluding hydrogens is 511 g/mol. The largest absolute Gasteiger partial charge is 0.416 e. The van der Waals surface area contributed by atoms with Crippen LogP contribution in [0.1, 0.15) is 37.1 Å². The Labute approximate surface area is 192 Å². The van der Waals surface area contributed by atoms with E-state index in [1.54, 1.807) is 0 Å². The van der Waals surface area contributed by atoms with Crippen LogP contribution < -0.4 is 0 Å². The lowest BCUT2D eigenvalue weighted by Gasteiger charge is -2.37. The first kappa shape index (κ1) is 26.5. The highest BCUT2D eigenvalue weighted by atomic mass is 32.2. The maximum Gasteiger partial charge on any atom is 0.416 e. The number of hydrogen-bond acceptors (Lipinski definition) is 7. The molecule has 2 unspecified atom stereocenters. The van der Waals surface area contributed by atoms with Crippen LogP contribution in [0.25, 0.3) is 0 Å². The van der Waals surface area contributed by atoms with E-state index in [-0.39, 0.29) is 31.7 Å². The molecule has 0 amide bonds. The molecule has 1 aliphatic heterocycles. The molecule has 2 aromatic rings. The number of halogens is 5. The van der Waals surface area contributed by atoms with Crippen molar-refractivity contribution in [3.05, 3.63) is 41.6 Å². The SMILES string of the molecule is CC1(S(=O)(=O)c2cccc(C(F)(F)F)c2)CCOC(c2cc(S(=O)(=O)C(F)F)nn2CCO)C1. The van der Waals surface area contributed by atoms with Crippen LogP contribution in [-0.4, -0.2) is 55.4 Å². The summed E-state index contributed by atoms with van der Waals surface area (Å²) >= 11 is 0. The molecule has 3 rings (SSSR count). The number of nitrogens with zero attached hydrogens (tertiary/aromatic N) is 2. The van der Waals surface area contributed by atoms with Gasteiger partial charge in [-0.15, -0.1) is 0 Å². The van der Waals surface area contributed by atoms with Crippen molar-refractivity contribution in [2.45, 2.75) is 59.0 Å². The molecule has 1 saturated heterocycles. The predicted molar refractivity (Wildman–Crippen MR) is 107 cm³/mol. The Balaban J connectivity index is 2.01. The van der Waals surface area contributed by atoms with Crippen LogP contribution in [0.5, 0.6) is 0 Å². The molecule has 0 radical (unpaired) electrons. The van der Waals surface area contributed by atoms with E-state index >= 15 is 0 Å². The maximum absolute atomic E-state index is 13.3. The van der Waals surface area contributed by atoms with Gasteiger partial charge in [0.25, 0.3) is 9.84 Å². The molecule has 0 aliphatic carbocycles. The van der Waals surface area contributed by atoms with Crippen LogP contribution in [0.4, 0.5) is 22.0 Å². The molecule has 8 nitrogen and oxygen atoms in total. The minimum atomic E-state index is -5.08. The van der Waals surface area contributed by atoms with Gasteiger partial charge in [-0.05, 0) is 38.0 Å².